The normalized spacial score (nSPS) is 10.7. The van der Waals surface area contributed by atoms with Gasteiger partial charge in [-0.2, -0.15) is 0 Å². The van der Waals surface area contributed by atoms with Gasteiger partial charge in [-0.1, -0.05) is 26.0 Å². The first kappa shape index (κ1) is 16.8. The molecule has 0 aromatic heterocycles. The molecule has 20 heavy (non-hydrogen) atoms. The van der Waals surface area contributed by atoms with Crippen molar-refractivity contribution in [2.75, 3.05) is 13.2 Å². The molecule has 1 aromatic carbocycles. The summed E-state index contributed by atoms with van der Waals surface area (Å²) in [5.41, 5.74) is 0.300. The van der Waals surface area contributed by atoms with E-state index in [-0.39, 0.29) is 30.3 Å². The maximum atomic E-state index is 11.9. The molecule has 0 aliphatic rings. The van der Waals surface area contributed by atoms with Gasteiger partial charge in [0, 0.05) is 0 Å². The Hall–Kier alpha value is -1.26. The van der Waals surface area contributed by atoms with Crippen molar-refractivity contribution in [2.24, 2.45) is 5.92 Å². The third-order valence-corrected chi connectivity index (χ3v) is 2.51. The van der Waals surface area contributed by atoms with Crippen molar-refractivity contribution in [1.82, 2.24) is 0 Å². The highest BCUT2D eigenvalue weighted by molar-refractivity contribution is 6.44. The van der Waals surface area contributed by atoms with Crippen LogP contribution in [0, 0.1) is 5.92 Å². The van der Waals surface area contributed by atoms with E-state index in [1.54, 1.807) is 12.1 Å². The van der Waals surface area contributed by atoms with Crippen LogP contribution in [0.4, 0.5) is 0 Å². The summed E-state index contributed by atoms with van der Waals surface area (Å²) in [5.74, 6) is -1.00. The first-order chi connectivity index (χ1) is 9.41. The van der Waals surface area contributed by atoms with Crippen molar-refractivity contribution in [3.05, 3.63) is 35.4 Å². The van der Waals surface area contributed by atoms with E-state index in [4.69, 9.17) is 32.7 Å². The number of alkyl halides is 2. The van der Waals surface area contributed by atoms with E-state index < -0.39 is 16.8 Å². The summed E-state index contributed by atoms with van der Waals surface area (Å²) in [7, 11) is 0. The highest BCUT2D eigenvalue weighted by atomic mass is 35.5. The quantitative estimate of drug-likeness (QED) is 0.595. The largest absolute Gasteiger partial charge is 0.462 e. The maximum absolute atomic E-state index is 11.9. The number of hydrogen-bond donors (Lipinski definition) is 0. The lowest BCUT2D eigenvalue weighted by atomic mass is 10.1. The van der Waals surface area contributed by atoms with Crippen molar-refractivity contribution < 1.29 is 19.1 Å². The zero-order chi connectivity index (χ0) is 15.1. The molecule has 6 heteroatoms. The van der Waals surface area contributed by atoms with Gasteiger partial charge in [0.25, 0.3) is 0 Å². The summed E-state index contributed by atoms with van der Waals surface area (Å²) in [6, 6.07) is 6.28. The van der Waals surface area contributed by atoms with Gasteiger partial charge in [-0.15, -0.1) is 23.2 Å². The Morgan fingerprint density at radius 1 is 1.00 bits per heavy atom. The van der Waals surface area contributed by atoms with Crippen LogP contribution in [0.2, 0.25) is 0 Å². The van der Waals surface area contributed by atoms with Crippen LogP contribution in [-0.4, -0.2) is 30.0 Å². The van der Waals surface area contributed by atoms with E-state index in [2.05, 4.69) is 0 Å². The van der Waals surface area contributed by atoms with Gasteiger partial charge < -0.3 is 9.47 Å². The molecule has 0 N–H and O–H groups in total. The predicted molar refractivity (Wildman–Crippen MR) is 77.3 cm³/mol. The number of halogens is 2. The second-order valence-electron chi connectivity index (χ2n) is 4.53. The van der Waals surface area contributed by atoms with Crippen molar-refractivity contribution in [1.29, 1.82) is 0 Å². The number of carbonyl (C=O) groups is 2. The van der Waals surface area contributed by atoms with Gasteiger partial charge in [0.2, 0.25) is 0 Å². The lowest BCUT2D eigenvalue weighted by molar-refractivity contribution is 0.0434. The van der Waals surface area contributed by atoms with E-state index in [0.717, 1.165) is 0 Å². The van der Waals surface area contributed by atoms with Crippen molar-refractivity contribution >= 4 is 35.1 Å². The van der Waals surface area contributed by atoms with Gasteiger partial charge in [0.05, 0.1) is 17.7 Å². The van der Waals surface area contributed by atoms with Crippen LogP contribution in [0.3, 0.4) is 0 Å². The standard InChI is InChI=1S/C14H16Cl2O4/c1-9(2)7-19-13(17)10-5-3-4-6-11(10)14(18)20-8-12(15)16/h3-6,9,12H,7-8H2,1-2H3. The fourth-order valence-electron chi connectivity index (χ4n) is 1.38. The Balaban J connectivity index is 2.82. The van der Waals surface area contributed by atoms with Crippen LogP contribution in [0.25, 0.3) is 0 Å². The topological polar surface area (TPSA) is 52.6 Å². The Morgan fingerprint density at radius 2 is 1.45 bits per heavy atom. The molecule has 0 saturated carbocycles. The average Bonchev–Trinajstić information content (AvgIpc) is 2.42. The summed E-state index contributed by atoms with van der Waals surface area (Å²) >= 11 is 11.0. The molecule has 0 spiro atoms. The zero-order valence-corrected chi connectivity index (χ0v) is 12.8. The average molecular weight is 319 g/mol. The SMILES string of the molecule is CC(C)COC(=O)c1ccccc1C(=O)OCC(Cl)Cl. The van der Waals surface area contributed by atoms with Gasteiger partial charge in [0.15, 0.2) is 0 Å². The molecule has 0 radical (unpaired) electrons. The molecule has 0 aliphatic heterocycles. The first-order valence-electron chi connectivity index (χ1n) is 6.13. The molecular weight excluding hydrogens is 303 g/mol. The van der Waals surface area contributed by atoms with Gasteiger partial charge >= 0.3 is 11.9 Å². The van der Waals surface area contributed by atoms with Crippen LogP contribution in [0.5, 0.6) is 0 Å². The summed E-state index contributed by atoms with van der Waals surface area (Å²) in [4.78, 5) is 23.0. The summed E-state index contributed by atoms with van der Waals surface area (Å²) in [6.07, 6.45) is 0. The fourth-order valence-corrected chi connectivity index (χ4v) is 1.50. The molecule has 0 saturated heterocycles. The minimum Gasteiger partial charge on any atom is -0.462 e. The molecule has 1 aromatic rings. The molecule has 4 nitrogen and oxygen atoms in total. The third-order valence-electron chi connectivity index (χ3n) is 2.26. The number of hydrogen-bond acceptors (Lipinski definition) is 4. The number of benzene rings is 1. The summed E-state index contributed by atoms with van der Waals surface area (Å²) < 4.78 is 10.0. The van der Waals surface area contributed by atoms with E-state index in [9.17, 15) is 9.59 Å². The Bertz CT molecular complexity index is 429. The Labute approximate surface area is 128 Å². The number of rotatable bonds is 6. The van der Waals surface area contributed by atoms with Gasteiger partial charge in [-0.3, -0.25) is 0 Å². The molecule has 110 valence electrons. The minimum absolute atomic E-state index is 0.134. The fraction of sp³-hybridized carbons (Fsp3) is 0.429. The molecule has 0 bridgehead atoms. The molecule has 0 atom stereocenters. The second kappa shape index (κ2) is 8.12. The minimum atomic E-state index is -0.806. The highest BCUT2D eigenvalue weighted by Crippen LogP contribution is 2.13. The molecule has 0 amide bonds. The first-order valence-corrected chi connectivity index (χ1v) is 7.00. The third kappa shape index (κ3) is 5.39. The van der Waals surface area contributed by atoms with E-state index in [1.165, 1.54) is 12.1 Å². The summed E-state index contributed by atoms with van der Waals surface area (Å²) in [6.45, 7) is 3.99. The molecular formula is C14H16Cl2O4. The van der Waals surface area contributed by atoms with Crippen molar-refractivity contribution in [3.8, 4) is 0 Å². The zero-order valence-electron chi connectivity index (χ0n) is 11.3. The monoisotopic (exact) mass is 318 g/mol. The lowest BCUT2D eigenvalue weighted by Crippen LogP contribution is -2.17. The van der Waals surface area contributed by atoms with E-state index >= 15 is 0 Å². The molecule has 0 fully saturated rings. The molecule has 0 unspecified atom stereocenters. The number of ether oxygens (including phenoxy) is 2. The van der Waals surface area contributed by atoms with Gasteiger partial charge in [-0.25, -0.2) is 9.59 Å². The highest BCUT2D eigenvalue weighted by Gasteiger charge is 2.19. The molecule has 0 aliphatic carbocycles. The van der Waals surface area contributed by atoms with Gasteiger partial charge in [0.1, 0.15) is 11.4 Å². The lowest BCUT2D eigenvalue weighted by Gasteiger charge is -2.11. The van der Waals surface area contributed by atoms with E-state index in [0.29, 0.717) is 0 Å². The maximum Gasteiger partial charge on any atom is 0.339 e. The van der Waals surface area contributed by atoms with Crippen LogP contribution < -0.4 is 0 Å². The second-order valence-corrected chi connectivity index (χ2v) is 5.80. The molecule has 0 heterocycles. The number of esters is 2. The Morgan fingerprint density at radius 3 is 1.85 bits per heavy atom. The summed E-state index contributed by atoms with van der Waals surface area (Å²) in [5, 5.41) is 0. The van der Waals surface area contributed by atoms with E-state index in [1.807, 2.05) is 13.8 Å². The van der Waals surface area contributed by atoms with Crippen molar-refractivity contribution in [3.63, 3.8) is 0 Å². The predicted octanol–water partition coefficient (Wildman–Crippen LogP) is 3.46. The van der Waals surface area contributed by atoms with Crippen LogP contribution in [0.15, 0.2) is 24.3 Å². The van der Waals surface area contributed by atoms with Crippen LogP contribution in [-0.2, 0) is 9.47 Å². The van der Waals surface area contributed by atoms with Crippen molar-refractivity contribution in [2.45, 2.75) is 18.7 Å². The number of carbonyl (C=O) groups excluding carboxylic acids is 2. The Kier molecular flexibility index (Phi) is 6.82. The van der Waals surface area contributed by atoms with Crippen LogP contribution in [0.1, 0.15) is 34.6 Å². The smallest absolute Gasteiger partial charge is 0.339 e. The molecule has 1 rings (SSSR count). The van der Waals surface area contributed by atoms with Crippen LogP contribution >= 0.6 is 23.2 Å². The van der Waals surface area contributed by atoms with Gasteiger partial charge in [-0.05, 0) is 18.1 Å².